The summed E-state index contributed by atoms with van der Waals surface area (Å²) >= 11 is 1.63. The summed E-state index contributed by atoms with van der Waals surface area (Å²) in [6.07, 6.45) is 5.94. The fourth-order valence-corrected chi connectivity index (χ4v) is 3.23. The molecule has 6 heteroatoms. The average Bonchev–Trinajstić information content (AvgIpc) is 3.23. The van der Waals surface area contributed by atoms with Crippen LogP contribution in [0.25, 0.3) is 11.3 Å². The molecule has 0 saturated heterocycles. The van der Waals surface area contributed by atoms with Crippen LogP contribution in [0, 0.1) is 0 Å². The van der Waals surface area contributed by atoms with Crippen LogP contribution in [0.1, 0.15) is 23.4 Å². The smallest absolute Gasteiger partial charge is 0.220 e. The second kappa shape index (κ2) is 7.88. The molecule has 0 aliphatic carbocycles. The second-order valence-corrected chi connectivity index (χ2v) is 6.58. The van der Waals surface area contributed by atoms with Crippen molar-refractivity contribution < 1.29 is 4.79 Å². The number of rotatable bonds is 7. The first-order valence-corrected chi connectivity index (χ1v) is 8.83. The number of amides is 1. The minimum atomic E-state index is 0.0643. The number of hydrogen-bond donors (Lipinski definition) is 1. The number of carbonyl (C=O) groups excluding carboxylic acids is 1. The van der Waals surface area contributed by atoms with E-state index in [9.17, 15) is 4.79 Å². The highest BCUT2D eigenvalue weighted by Crippen LogP contribution is 2.21. The van der Waals surface area contributed by atoms with Crippen molar-refractivity contribution in [3.8, 4) is 11.3 Å². The van der Waals surface area contributed by atoms with Gasteiger partial charge in [-0.25, -0.2) is 4.98 Å². The van der Waals surface area contributed by atoms with Gasteiger partial charge in [0.05, 0.1) is 10.7 Å². The number of thiazole rings is 1. The van der Waals surface area contributed by atoms with Gasteiger partial charge in [0, 0.05) is 48.9 Å². The van der Waals surface area contributed by atoms with Gasteiger partial charge in [-0.1, -0.05) is 30.3 Å². The van der Waals surface area contributed by atoms with E-state index in [2.05, 4.69) is 15.4 Å². The van der Waals surface area contributed by atoms with Crippen LogP contribution >= 0.6 is 11.3 Å². The summed E-state index contributed by atoms with van der Waals surface area (Å²) in [4.78, 5) is 16.3. The fraction of sp³-hybridized carbons (Fsp3) is 0.278. The van der Waals surface area contributed by atoms with Crippen LogP contribution in [-0.2, 0) is 24.8 Å². The zero-order chi connectivity index (χ0) is 16.8. The third-order valence-corrected chi connectivity index (χ3v) is 4.55. The molecule has 0 aliphatic heterocycles. The van der Waals surface area contributed by atoms with Gasteiger partial charge in [0.1, 0.15) is 0 Å². The Labute approximate surface area is 145 Å². The zero-order valence-corrected chi connectivity index (χ0v) is 14.4. The van der Waals surface area contributed by atoms with Crippen LogP contribution in [-0.4, -0.2) is 20.7 Å². The van der Waals surface area contributed by atoms with Crippen molar-refractivity contribution in [3.63, 3.8) is 0 Å². The lowest BCUT2D eigenvalue weighted by Gasteiger charge is -2.05. The third-order valence-electron chi connectivity index (χ3n) is 3.71. The number of aryl methyl sites for hydroxylation is 2. The molecule has 5 nitrogen and oxygen atoms in total. The Kier molecular flexibility index (Phi) is 5.38. The van der Waals surface area contributed by atoms with Gasteiger partial charge in [-0.2, -0.15) is 5.10 Å². The molecule has 0 fully saturated rings. The predicted octanol–water partition coefficient (Wildman–Crippen LogP) is 3.18. The maximum atomic E-state index is 12.0. The van der Waals surface area contributed by atoms with E-state index in [1.54, 1.807) is 22.2 Å². The lowest BCUT2D eigenvalue weighted by molar-refractivity contribution is -0.121. The minimum Gasteiger partial charge on any atom is -0.352 e. The molecule has 1 N–H and O–H groups in total. The highest BCUT2D eigenvalue weighted by Gasteiger charge is 2.11. The Bertz CT molecular complexity index is 781. The normalized spacial score (nSPS) is 10.7. The SMILES string of the molecule is Cn1cc(CNC(=O)CCCc2nccs2)c(-c2ccccc2)n1. The van der Waals surface area contributed by atoms with E-state index in [1.807, 2.05) is 49.0 Å². The van der Waals surface area contributed by atoms with Crippen molar-refractivity contribution in [3.05, 3.63) is 58.7 Å². The molecule has 2 heterocycles. The summed E-state index contributed by atoms with van der Waals surface area (Å²) in [5, 5.41) is 10.6. The van der Waals surface area contributed by atoms with E-state index in [-0.39, 0.29) is 5.91 Å². The molecular formula is C18H20N4OS. The molecular weight excluding hydrogens is 320 g/mol. The predicted molar refractivity (Wildman–Crippen MR) is 95.5 cm³/mol. The quantitative estimate of drug-likeness (QED) is 0.718. The Morgan fingerprint density at radius 2 is 2.12 bits per heavy atom. The van der Waals surface area contributed by atoms with E-state index < -0.39 is 0 Å². The maximum Gasteiger partial charge on any atom is 0.220 e. The molecule has 3 aromatic rings. The number of hydrogen-bond acceptors (Lipinski definition) is 4. The summed E-state index contributed by atoms with van der Waals surface area (Å²) in [7, 11) is 1.89. The molecule has 0 unspecified atom stereocenters. The Hall–Kier alpha value is -2.47. The van der Waals surface area contributed by atoms with Crippen molar-refractivity contribution in [2.75, 3.05) is 0 Å². The molecule has 3 rings (SSSR count). The summed E-state index contributed by atoms with van der Waals surface area (Å²) in [6, 6.07) is 10.0. The van der Waals surface area contributed by atoms with Crippen LogP contribution in [0.5, 0.6) is 0 Å². The van der Waals surface area contributed by atoms with Crippen molar-refractivity contribution in [2.24, 2.45) is 7.05 Å². The summed E-state index contributed by atoms with van der Waals surface area (Å²) in [6.45, 7) is 0.494. The van der Waals surface area contributed by atoms with Crippen LogP contribution < -0.4 is 5.32 Å². The molecule has 1 amide bonds. The number of nitrogens with one attached hydrogen (secondary N) is 1. The number of carbonyl (C=O) groups is 1. The Morgan fingerprint density at radius 1 is 1.29 bits per heavy atom. The van der Waals surface area contributed by atoms with Crippen LogP contribution in [0.2, 0.25) is 0 Å². The van der Waals surface area contributed by atoms with Crippen LogP contribution in [0.4, 0.5) is 0 Å². The lowest BCUT2D eigenvalue weighted by Crippen LogP contribution is -2.22. The van der Waals surface area contributed by atoms with Gasteiger partial charge in [-0.15, -0.1) is 11.3 Å². The van der Waals surface area contributed by atoms with Crippen molar-refractivity contribution in [1.29, 1.82) is 0 Å². The molecule has 0 spiro atoms. The molecule has 0 aliphatic rings. The monoisotopic (exact) mass is 340 g/mol. The highest BCUT2D eigenvalue weighted by atomic mass is 32.1. The van der Waals surface area contributed by atoms with Gasteiger partial charge >= 0.3 is 0 Å². The second-order valence-electron chi connectivity index (χ2n) is 5.60. The topological polar surface area (TPSA) is 59.8 Å². The van der Waals surface area contributed by atoms with E-state index >= 15 is 0 Å². The number of benzene rings is 1. The first-order valence-electron chi connectivity index (χ1n) is 7.95. The standard InChI is InChI=1S/C18H20N4OS/c1-22-13-15(18(21-22)14-6-3-2-4-7-14)12-20-16(23)8-5-9-17-19-10-11-24-17/h2-4,6-7,10-11,13H,5,8-9,12H2,1H3,(H,20,23). The Balaban J connectivity index is 1.54. The largest absolute Gasteiger partial charge is 0.352 e. The molecule has 0 radical (unpaired) electrons. The first-order chi connectivity index (χ1) is 11.7. The average molecular weight is 340 g/mol. The fourth-order valence-electron chi connectivity index (χ4n) is 2.56. The zero-order valence-electron chi connectivity index (χ0n) is 13.6. The van der Waals surface area contributed by atoms with Gasteiger partial charge in [-0.3, -0.25) is 9.48 Å². The molecule has 0 bridgehead atoms. The van der Waals surface area contributed by atoms with Gasteiger partial charge in [-0.05, 0) is 12.8 Å². The molecule has 1 aromatic carbocycles. The first kappa shape index (κ1) is 16.4. The van der Waals surface area contributed by atoms with Gasteiger partial charge in [0.15, 0.2) is 0 Å². The summed E-state index contributed by atoms with van der Waals surface area (Å²) in [5.41, 5.74) is 3.00. The van der Waals surface area contributed by atoms with E-state index in [0.717, 1.165) is 34.7 Å². The highest BCUT2D eigenvalue weighted by molar-refractivity contribution is 7.09. The van der Waals surface area contributed by atoms with E-state index in [1.165, 1.54) is 0 Å². The van der Waals surface area contributed by atoms with Crippen LogP contribution in [0.15, 0.2) is 48.1 Å². The minimum absolute atomic E-state index is 0.0643. The molecule has 0 saturated carbocycles. The Morgan fingerprint density at radius 3 is 2.88 bits per heavy atom. The van der Waals surface area contributed by atoms with Crippen molar-refractivity contribution in [1.82, 2.24) is 20.1 Å². The summed E-state index contributed by atoms with van der Waals surface area (Å²) < 4.78 is 1.78. The summed E-state index contributed by atoms with van der Waals surface area (Å²) in [5.74, 6) is 0.0643. The van der Waals surface area contributed by atoms with E-state index in [4.69, 9.17) is 0 Å². The van der Waals surface area contributed by atoms with Crippen LogP contribution in [0.3, 0.4) is 0 Å². The number of aromatic nitrogens is 3. The molecule has 24 heavy (non-hydrogen) atoms. The van der Waals surface area contributed by atoms with Crippen molar-refractivity contribution in [2.45, 2.75) is 25.8 Å². The maximum absolute atomic E-state index is 12.0. The molecule has 124 valence electrons. The number of nitrogens with zero attached hydrogens (tertiary/aromatic N) is 3. The van der Waals surface area contributed by atoms with Crippen molar-refractivity contribution >= 4 is 17.2 Å². The van der Waals surface area contributed by atoms with Gasteiger partial charge in [0.2, 0.25) is 5.91 Å². The van der Waals surface area contributed by atoms with Gasteiger partial charge < -0.3 is 5.32 Å². The van der Waals surface area contributed by atoms with E-state index in [0.29, 0.717) is 13.0 Å². The molecule has 2 aromatic heterocycles. The lowest BCUT2D eigenvalue weighted by atomic mass is 10.1. The molecule has 0 atom stereocenters. The third kappa shape index (κ3) is 4.29. The van der Waals surface area contributed by atoms with Gasteiger partial charge in [0.25, 0.3) is 0 Å².